The normalized spacial score (nSPS) is 14.8. The molecule has 1 rings (SSSR count). The predicted molar refractivity (Wildman–Crippen MR) is 83.1 cm³/mol. The lowest BCUT2D eigenvalue weighted by molar-refractivity contribution is 0.242. The molecule has 0 heterocycles. The first-order valence-corrected chi connectivity index (χ1v) is 7.22. The van der Waals surface area contributed by atoms with Gasteiger partial charge in [-0.15, -0.1) is 0 Å². The van der Waals surface area contributed by atoms with Crippen LogP contribution in [-0.4, -0.2) is 41.8 Å². The molecular formula is C16H28N2O2. The molecule has 4 nitrogen and oxygen atoms in total. The Morgan fingerprint density at radius 1 is 1.05 bits per heavy atom. The van der Waals surface area contributed by atoms with Gasteiger partial charge in [-0.05, 0) is 51.1 Å². The van der Waals surface area contributed by atoms with E-state index >= 15 is 0 Å². The second kappa shape index (κ2) is 7.50. The molecule has 3 N–H and O–H groups in total. The molecule has 0 spiro atoms. The van der Waals surface area contributed by atoms with Crippen LogP contribution in [-0.2, 0) is 0 Å². The van der Waals surface area contributed by atoms with Gasteiger partial charge < -0.3 is 20.4 Å². The third-order valence-corrected chi connectivity index (χ3v) is 3.56. The van der Waals surface area contributed by atoms with E-state index in [1.807, 2.05) is 6.92 Å². The zero-order valence-electron chi connectivity index (χ0n) is 13.2. The molecule has 114 valence electrons. The van der Waals surface area contributed by atoms with Gasteiger partial charge >= 0.3 is 0 Å². The van der Waals surface area contributed by atoms with Gasteiger partial charge in [-0.1, -0.05) is 13.8 Å². The van der Waals surface area contributed by atoms with Crippen LogP contribution in [0.15, 0.2) is 18.2 Å². The number of benzene rings is 1. The smallest absolute Gasteiger partial charge is 0.119 e. The lowest BCUT2D eigenvalue weighted by Gasteiger charge is -2.28. The highest BCUT2D eigenvalue weighted by atomic mass is 16.3. The van der Waals surface area contributed by atoms with Crippen molar-refractivity contribution in [3.8, 4) is 11.5 Å². The van der Waals surface area contributed by atoms with Crippen LogP contribution in [0.5, 0.6) is 11.5 Å². The van der Waals surface area contributed by atoms with E-state index in [2.05, 4.69) is 38.2 Å². The Kier molecular flexibility index (Phi) is 6.30. The molecule has 0 amide bonds. The van der Waals surface area contributed by atoms with Gasteiger partial charge in [0.15, 0.2) is 0 Å². The third kappa shape index (κ3) is 5.39. The van der Waals surface area contributed by atoms with Gasteiger partial charge in [0.25, 0.3) is 0 Å². The van der Waals surface area contributed by atoms with Gasteiger partial charge in [-0.3, -0.25) is 0 Å². The van der Waals surface area contributed by atoms with Crippen molar-refractivity contribution in [2.24, 2.45) is 5.92 Å². The fourth-order valence-electron chi connectivity index (χ4n) is 2.32. The molecule has 0 fully saturated rings. The maximum absolute atomic E-state index is 9.53. The zero-order valence-corrected chi connectivity index (χ0v) is 13.2. The Hall–Kier alpha value is -1.26. The molecule has 0 bridgehead atoms. The SMILES string of the molecule is CC(C)CC(CNC(C)c1cc(O)cc(O)c1)N(C)C. The van der Waals surface area contributed by atoms with Crippen molar-refractivity contribution in [3.63, 3.8) is 0 Å². The number of phenolic OH excluding ortho intramolecular Hbond substituents is 2. The quantitative estimate of drug-likeness (QED) is 0.719. The number of phenols is 2. The first-order chi connectivity index (χ1) is 9.29. The standard InChI is InChI=1S/C16H28N2O2/c1-11(2)6-14(18(4)5)10-17-12(3)13-7-15(19)9-16(20)8-13/h7-9,11-12,14,17,19-20H,6,10H2,1-5H3. The summed E-state index contributed by atoms with van der Waals surface area (Å²) in [7, 11) is 4.19. The number of nitrogens with one attached hydrogen (secondary N) is 1. The van der Waals surface area contributed by atoms with Crippen LogP contribution in [0.4, 0.5) is 0 Å². The highest BCUT2D eigenvalue weighted by molar-refractivity contribution is 5.37. The second-order valence-corrected chi connectivity index (χ2v) is 6.16. The van der Waals surface area contributed by atoms with E-state index in [1.54, 1.807) is 12.1 Å². The molecule has 0 aliphatic carbocycles. The number of hydrogen-bond donors (Lipinski definition) is 3. The van der Waals surface area contributed by atoms with Crippen molar-refractivity contribution in [1.82, 2.24) is 10.2 Å². The van der Waals surface area contributed by atoms with Gasteiger partial charge in [0.2, 0.25) is 0 Å². The molecule has 0 saturated heterocycles. The highest BCUT2D eigenvalue weighted by Gasteiger charge is 2.15. The molecule has 1 aromatic rings. The first-order valence-electron chi connectivity index (χ1n) is 7.22. The molecule has 0 aliphatic rings. The molecule has 0 saturated carbocycles. The Labute approximate surface area is 122 Å². The van der Waals surface area contributed by atoms with Crippen molar-refractivity contribution in [3.05, 3.63) is 23.8 Å². The fourth-order valence-corrected chi connectivity index (χ4v) is 2.32. The minimum absolute atomic E-state index is 0.0858. The Morgan fingerprint density at radius 2 is 1.60 bits per heavy atom. The summed E-state index contributed by atoms with van der Waals surface area (Å²) in [5, 5.41) is 22.5. The minimum Gasteiger partial charge on any atom is -0.508 e. The zero-order chi connectivity index (χ0) is 15.3. The van der Waals surface area contributed by atoms with Crippen LogP contribution in [0, 0.1) is 5.92 Å². The fraction of sp³-hybridized carbons (Fsp3) is 0.625. The van der Waals surface area contributed by atoms with E-state index in [4.69, 9.17) is 0 Å². The van der Waals surface area contributed by atoms with Gasteiger partial charge in [-0.2, -0.15) is 0 Å². The molecule has 4 heteroatoms. The van der Waals surface area contributed by atoms with Crippen LogP contribution in [0.3, 0.4) is 0 Å². The molecule has 0 aliphatic heterocycles. The van der Waals surface area contributed by atoms with E-state index in [0.717, 1.165) is 18.5 Å². The van der Waals surface area contributed by atoms with Crippen molar-refractivity contribution >= 4 is 0 Å². The summed E-state index contributed by atoms with van der Waals surface area (Å²) in [6.07, 6.45) is 1.14. The van der Waals surface area contributed by atoms with E-state index in [0.29, 0.717) is 12.0 Å². The summed E-state index contributed by atoms with van der Waals surface area (Å²) in [6, 6.07) is 5.28. The third-order valence-electron chi connectivity index (χ3n) is 3.56. The molecule has 0 radical (unpaired) electrons. The maximum Gasteiger partial charge on any atom is 0.119 e. The molecule has 1 aromatic carbocycles. The molecule has 0 aromatic heterocycles. The number of rotatable bonds is 7. The lowest BCUT2D eigenvalue weighted by atomic mass is 10.0. The van der Waals surface area contributed by atoms with Gasteiger partial charge in [0, 0.05) is 24.7 Å². The van der Waals surface area contributed by atoms with Crippen molar-refractivity contribution in [1.29, 1.82) is 0 Å². The maximum atomic E-state index is 9.53. The summed E-state index contributed by atoms with van der Waals surface area (Å²) >= 11 is 0. The second-order valence-electron chi connectivity index (χ2n) is 6.16. The Morgan fingerprint density at radius 3 is 2.05 bits per heavy atom. The average Bonchev–Trinajstić information content (AvgIpc) is 2.32. The van der Waals surface area contributed by atoms with Crippen LogP contribution in [0.1, 0.15) is 38.8 Å². The summed E-state index contributed by atoms with van der Waals surface area (Å²) in [5.74, 6) is 0.851. The van der Waals surface area contributed by atoms with E-state index in [-0.39, 0.29) is 17.5 Å². The largest absolute Gasteiger partial charge is 0.508 e. The van der Waals surface area contributed by atoms with Gasteiger partial charge in [0.1, 0.15) is 11.5 Å². The van der Waals surface area contributed by atoms with Crippen molar-refractivity contribution in [2.45, 2.75) is 39.3 Å². The van der Waals surface area contributed by atoms with Crippen molar-refractivity contribution < 1.29 is 10.2 Å². The van der Waals surface area contributed by atoms with Gasteiger partial charge in [-0.25, -0.2) is 0 Å². The van der Waals surface area contributed by atoms with Crippen LogP contribution < -0.4 is 5.32 Å². The van der Waals surface area contributed by atoms with E-state index in [9.17, 15) is 10.2 Å². The summed E-state index contributed by atoms with van der Waals surface area (Å²) < 4.78 is 0. The minimum atomic E-state index is 0.0858. The van der Waals surface area contributed by atoms with Crippen molar-refractivity contribution in [2.75, 3.05) is 20.6 Å². The van der Waals surface area contributed by atoms with Crippen LogP contribution >= 0.6 is 0 Å². The summed E-state index contributed by atoms with van der Waals surface area (Å²) in [4.78, 5) is 2.24. The van der Waals surface area contributed by atoms with Gasteiger partial charge in [0.05, 0.1) is 0 Å². The monoisotopic (exact) mass is 280 g/mol. The Balaban J connectivity index is 2.62. The van der Waals surface area contributed by atoms with E-state index in [1.165, 1.54) is 6.07 Å². The molecular weight excluding hydrogens is 252 g/mol. The van der Waals surface area contributed by atoms with Crippen LogP contribution in [0.25, 0.3) is 0 Å². The Bertz CT molecular complexity index is 399. The number of aromatic hydroxyl groups is 2. The molecule has 2 atom stereocenters. The molecule has 20 heavy (non-hydrogen) atoms. The topological polar surface area (TPSA) is 55.7 Å². The summed E-state index contributed by atoms with van der Waals surface area (Å²) in [6.45, 7) is 7.37. The predicted octanol–water partition coefficient (Wildman–Crippen LogP) is 2.72. The van der Waals surface area contributed by atoms with E-state index < -0.39 is 0 Å². The highest BCUT2D eigenvalue weighted by Crippen LogP contribution is 2.24. The average molecular weight is 280 g/mol. The number of nitrogens with zero attached hydrogens (tertiary/aromatic N) is 1. The van der Waals surface area contributed by atoms with Crippen LogP contribution in [0.2, 0.25) is 0 Å². The molecule has 2 unspecified atom stereocenters. The lowest BCUT2D eigenvalue weighted by Crippen LogP contribution is -2.39. The number of hydrogen-bond acceptors (Lipinski definition) is 4. The number of likely N-dealkylation sites (N-methyl/N-ethyl adjacent to an activating group) is 1. The first kappa shape index (κ1) is 16.8. The summed E-state index contributed by atoms with van der Waals surface area (Å²) in [5.41, 5.74) is 0.893.